The maximum absolute atomic E-state index is 12.2. The molecule has 5 nitrogen and oxygen atoms in total. The number of anilines is 1. The van der Waals surface area contributed by atoms with Gasteiger partial charge in [-0.05, 0) is 26.0 Å². The second kappa shape index (κ2) is 5.75. The number of hydrogen-bond acceptors (Lipinski definition) is 5. The van der Waals surface area contributed by atoms with Crippen molar-refractivity contribution in [3.8, 4) is 5.75 Å². The van der Waals surface area contributed by atoms with Crippen molar-refractivity contribution in [3.05, 3.63) is 18.2 Å². The molecular formula is C14H18N2O3S. The Morgan fingerprint density at radius 2 is 2.10 bits per heavy atom. The van der Waals surface area contributed by atoms with Gasteiger partial charge in [-0.25, -0.2) is 0 Å². The topological polar surface area (TPSA) is 72.6 Å². The van der Waals surface area contributed by atoms with E-state index in [1.807, 2.05) is 19.9 Å². The lowest BCUT2D eigenvalue weighted by Crippen LogP contribution is -2.37. The number of amides is 2. The molecule has 2 rings (SSSR count). The molecule has 2 N–H and O–H groups in total. The van der Waals surface area contributed by atoms with Crippen molar-refractivity contribution in [1.82, 2.24) is 4.90 Å². The quantitative estimate of drug-likeness (QED) is 0.678. The van der Waals surface area contributed by atoms with E-state index in [4.69, 9.17) is 10.5 Å². The Labute approximate surface area is 122 Å². The van der Waals surface area contributed by atoms with Crippen molar-refractivity contribution in [1.29, 1.82) is 0 Å². The number of hydrogen-bond donors (Lipinski definition) is 1. The molecule has 1 fully saturated rings. The average molecular weight is 294 g/mol. The van der Waals surface area contributed by atoms with Crippen LogP contribution in [-0.4, -0.2) is 35.1 Å². The molecule has 1 aliphatic heterocycles. The molecule has 0 aromatic heterocycles. The highest BCUT2D eigenvalue weighted by Crippen LogP contribution is 2.38. The number of ether oxygens (including phenoxy) is 1. The molecule has 1 aromatic carbocycles. The Kier molecular flexibility index (Phi) is 4.23. The van der Waals surface area contributed by atoms with Crippen LogP contribution in [0, 0.1) is 0 Å². The molecule has 108 valence electrons. The zero-order valence-electron chi connectivity index (χ0n) is 11.8. The van der Waals surface area contributed by atoms with Crippen LogP contribution in [0.5, 0.6) is 5.75 Å². The molecule has 0 radical (unpaired) electrons. The lowest BCUT2D eigenvalue weighted by Gasteiger charge is -2.19. The number of thioether (sulfide) groups is 1. The van der Waals surface area contributed by atoms with Crippen LogP contribution in [0.2, 0.25) is 0 Å². The fourth-order valence-corrected chi connectivity index (χ4v) is 3.34. The summed E-state index contributed by atoms with van der Waals surface area (Å²) in [5, 5.41) is -0.387. The third-order valence-corrected chi connectivity index (χ3v) is 4.36. The summed E-state index contributed by atoms with van der Waals surface area (Å²) >= 11 is 1.35. The van der Waals surface area contributed by atoms with Gasteiger partial charge in [0, 0.05) is 24.2 Å². The zero-order valence-corrected chi connectivity index (χ0v) is 12.6. The molecule has 1 saturated heterocycles. The van der Waals surface area contributed by atoms with Crippen molar-refractivity contribution >= 4 is 29.3 Å². The number of nitrogen functional groups attached to an aromatic ring is 1. The largest absolute Gasteiger partial charge is 0.496 e. The van der Waals surface area contributed by atoms with Gasteiger partial charge in [0.25, 0.3) is 0 Å². The number of benzene rings is 1. The lowest BCUT2D eigenvalue weighted by atomic mass is 10.3. The van der Waals surface area contributed by atoms with E-state index in [1.54, 1.807) is 19.2 Å². The third kappa shape index (κ3) is 2.75. The van der Waals surface area contributed by atoms with Gasteiger partial charge in [-0.15, -0.1) is 11.8 Å². The number of carbonyl (C=O) groups is 2. The summed E-state index contributed by atoms with van der Waals surface area (Å²) in [5.74, 6) is 0.379. The smallest absolute Gasteiger partial charge is 0.243 e. The number of nitrogens with two attached hydrogens (primary N) is 1. The average Bonchev–Trinajstić information content (AvgIpc) is 2.66. The van der Waals surface area contributed by atoms with Gasteiger partial charge in [0.15, 0.2) is 0 Å². The monoisotopic (exact) mass is 294 g/mol. The van der Waals surface area contributed by atoms with E-state index in [9.17, 15) is 9.59 Å². The first-order valence-electron chi connectivity index (χ1n) is 6.40. The highest BCUT2D eigenvalue weighted by atomic mass is 32.2. The van der Waals surface area contributed by atoms with E-state index in [0.29, 0.717) is 11.4 Å². The van der Waals surface area contributed by atoms with E-state index >= 15 is 0 Å². The first kappa shape index (κ1) is 14.7. The number of likely N-dealkylation sites (tertiary alicyclic amines) is 1. The van der Waals surface area contributed by atoms with Gasteiger partial charge in [-0.1, -0.05) is 0 Å². The Bertz CT molecular complexity index is 545. The minimum atomic E-state index is -0.387. The molecule has 1 unspecified atom stereocenters. The third-order valence-electron chi connectivity index (χ3n) is 3.11. The number of methoxy groups -OCH3 is 1. The molecule has 0 spiro atoms. The van der Waals surface area contributed by atoms with Crippen LogP contribution >= 0.6 is 11.8 Å². The Balaban J connectivity index is 2.19. The first-order chi connectivity index (χ1) is 9.43. The summed E-state index contributed by atoms with van der Waals surface area (Å²) in [6.45, 7) is 3.68. The van der Waals surface area contributed by atoms with Crippen LogP contribution in [-0.2, 0) is 9.59 Å². The summed E-state index contributed by atoms with van der Waals surface area (Å²) in [5.41, 5.74) is 6.30. The maximum Gasteiger partial charge on any atom is 0.243 e. The van der Waals surface area contributed by atoms with Gasteiger partial charge in [-0.2, -0.15) is 0 Å². The van der Waals surface area contributed by atoms with E-state index in [-0.39, 0.29) is 29.5 Å². The molecule has 2 amide bonds. The van der Waals surface area contributed by atoms with Crippen molar-refractivity contribution in [2.24, 2.45) is 0 Å². The van der Waals surface area contributed by atoms with Gasteiger partial charge in [0.2, 0.25) is 11.8 Å². The second-order valence-corrected chi connectivity index (χ2v) is 6.16. The van der Waals surface area contributed by atoms with Gasteiger partial charge in [0.1, 0.15) is 5.75 Å². The van der Waals surface area contributed by atoms with Crippen LogP contribution < -0.4 is 10.5 Å². The molecule has 0 bridgehead atoms. The molecule has 6 heteroatoms. The summed E-state index contributed by atoms with van der Waals surface area (Å²) < 4.78 is 5.26. The van der Waals surface area contributed by atoms with Crippen molar-refractivity contribution in [2.45, 2.75) is 36.5 Å². The van der Waals surface area contributed by atoms with Crippen LogP contribution in [0.15, 0.2) is 23.1 Å². The van der Waals surface area contributed by atoms with Gasteiger partial charge >= 0.3 is 0 Å². The molecule has 1 heterocycles. The van der Waals surface area contributed by atoms with E-state index in [0.717, 1.165) is 4.90 Å². The molecule has 1 atom stereocenters. The zero-order chi connectivity index (χ0) is 14.9. The molecule has 1 aromatic rings. The molecule has 0 aliphatic carbocycles. The van der Waals surface area contributed by atoms with Crippen LogP contribution in [0.25, 0.3) is 0 Å². The van der Waals surface area contributed by atoms with Gasteiger partial charge in [0.05, 0.1) is 17.3 Å². The summed E-state index contributed by atoms with van der Waals surface area (Å²) in [7, 11) is 1.56. The number of rotatable bonds is 4. The SMILES string of the molecule is COc1cc(N)ccc1SC1CC(=O)N(C(C)C)C1=O. The highest BCUT2D eigenvalue weighted by Gasteiger charge is 2.40. The van der Waals surface area contributed by atoms with Crippen molar-refractivity contribution < 1.29 is 14.3 Å². The van der Waals surface area contributed by atoms with Crippen LogP contribution in [0.1, 0.15) is 20.3 Å². The summed E-state index contributed by atoms with van der Waals surface area (Å²) in [6, 6.07) is 5.18. The van der Waals surface area contributed by atoms with E-state index in [2.05, 4.69) is 0 Å². The minimum absolute atomic E-state index is 0.103. The van der Waals surface area contributed by atoms with Crippen LogP contribution in [0.3, 0.4) is 0 Å². The maximum atomic E-state index is 12.2. The van der Waals surface area contributed by atoms with E-state index in [1.165, 1.54) is 16.7 Å². The first-order valence-corrected chi connectivity index (χ1v) is 7.28. The van der Waals surface area contributed by atoms with Crippen molar-refractivity contribution in [2.75, 3.05) is 12.8 Å². The van der Waals surface area contributed by atoms with Crippen LogP contribution in [0.4, 0.5) is 5.69 Å². The minimum Gasteiger partial charge on any atom is -0.496 e. The number of imide groups is 1. The summed E-state index contributed by atoms with van der Waals surface area (Å²) in [4.78, 5) is 26.3. The Morgan fingerprint density at radius 1 is 1.40 bits per heavy atom. The number of carbonyl (C=O) groups excluding carboxylic acids is 2. The lowest BCUT2D eigenvalue weighted by molar-refractivity contribution is -0.140. The van der Waals surface area contributed by atoms with Crippen molar-refractivity contribution in [3.63, 3.8) is 0 Å². The second-order valence-electron chi connectivity index (χ2n) is 4.92. The standard InChI is InChI=1S/C14H18N2O3S/c1-8(2)16-13(17)7-12(14(16)18)20-11-5-4-9(15)6-10(11)19-3/h4-6,8,12H,7,15H2,1-3H3. The van der Waals surface area contributed by atoms with Gasteiger partial charge < -0.3 is 10.5 Å². The Hall–Kier alpha value is -1.69. The molecule has 1 aliphatic rings. The highest BCUT2D eigenvalue weighted by molar-refractivity contribution is 8.00. The fourth-order valence-electron chi connectivity index (χ4n) is 2.19. The predicted molar refractivity (Wildman–Crippen MR) is 78.7 cm³/mol. The molecular weight excluding hydrogens is 276 g/mol. The Morgan fingerprint density at radius 3 is 2.65 bits per heavy atom. The molecule has 20 heavy (non-hydrogen) atoms. The summed E-state index contributed by atoms with van der Waals surface area (Å²) in [6.07, 6.45) is 0.231. The van der Waals surface area contributed by atoms with E-state index < -0.39 is 0 Å². The molecule has 0 saturated carbocycles. The normalized spacial score (nSPS) is 19.0. The predicted octanol–water partition coefficient (Wildman–Crippen LogP) is 1.91. The fraction of sp³-hybridized carbons (Fsp3) is 0.429. The van der Waals surface area contributed by atoms with Gasteiger partial charge in [-0.3, -0.25) is 14.5 Å². The number of nitrogens with zero attached hydrogens (tertiary/aromatic N) is 1.